The number of aliphatic hydroxyl groups is 2. The van der Waals surface area contributed by atoms with Crippen molar-refractivity contribution in [3.8, 4) is 0 Å². The zero-order chi connectivity index (χ0) is 21.2. The van der Waals surface area contributed by atoms with E-state index in [-0.39, 0.29) is 6.61 Å². The number of fused-ring (bicyclic) bond motifs is 2. The van der Waals surface area contributed by atoms with Crippen LogP contribution < -0.4 is 5.32 Å². The maximum Gasteiger partial charge on any atom is 0.0965 e. The third-order valence-electron chi connectivity index (χ3n) is 6.30. The third-order valence-corrected chi connectivity index (χ3v) is 6.30. The number of pyridine rings is 1. The van der Waals surface area contributed by atoms with Crippen molar-refractivity contribution >= 4 is 16.6 Å². The summed E-state index contributed by atoms with van der Waals surface area (Å²) in [5.74, 6) is 0. The van der Waals surface area contributed by atoms with Crippen molar-refractivity contribution in [1.82, 2.24) is 9.97 Å². The molecule has 2 aromatic heterocycles. The van der Waals surface area contributed by atoms with Crippen molar-refractivity contribution in [2.45, 2.75) is 38.4 Å². The Morgan fingerprint density at radius 2 is 1.90 bits per heavy atom. The van der Waals surface area contributed by atoms with Crippen molar-refractivity contribution in [1.29, 1.82) is 0 Å². The van der Waals surface area contributed by atoms with Crippen LogP contribution in [0.4, 0.5) is 5.69 Å². The minimum absolute atomic E-state index is 0.0464. The normalized spacial score (nSPS) is 15.4. The molecule has 2 heterocycles. The molecular weight excluding hydrogens is 386 g/mol. The summed E-state index contributed by atoms with van der Waals surface area (Å²) in [7, 11) is 0. The zero-order valence-corrected chi connectivity index (χ0v) is 17.4. The van der Waals surface area contributed by atoms with Gasteiger partial charge in [-0.25, -0.2) is 0 Å². The van der Waals surface area contributed by atoms with E-state index >= 15 is 0 Å². The number of hydrogen-bond donors (Lipinski definition) is 4. The van der Waals surface area contributed by atoms with Crippen LogP contribution in [-0.2, 0) is 25.9 Å². The molecule has 0 spiro atoms. The molecule has 5 rings (SSSR count). The molecule has 5 nitrogen and oxygen atoms in total. The number of anilines is 1. The topological polar surface area (TPSA) is 81.2 Å². The first-order chi connectivity index (χ1) is 15.2. The third kappa shape index (κ3) is 3.94. The minimum Gasteiger partial charge on any atom is -0.392 e. The highest BCUT2D eigenvalue weighted by Gasteiger charge is 2.23. The number of nitrogens with one attached hydrogen (secondary N) is 2. The van der Waals surface area contributed by atoms with Gasteiger partial charge >= 0.3 is 0 Å². The molecule has 158 valence electrons. The minimum atomic E-state index is -0.408. The molecule has 1 aliphatic carbocycles. The molecule has 1 aliphatic rings. The average Bonchev–Trinajstić information content (AvgIpc) is 3.39. The van der Waals surface area contributed by atoms with Gasteiger partial charge in [0, 0.05) is 35.6 Å². The van der Waals surface area contributed by atoms with Crippen LogP contribution in [-0.4, -0.2) is 26.7 Å². The van der Waals surface area contributed by atoms with Gasteiger partial charge in [0.05, 0.1) is 23.9 Å². The van der Waals surface area contributed by atoms with Crippen LogP contribution in [0.25, 0.3) is 10.9 Å². The van der Waals surface area contributed by atoms with Crippen LogP contribution in [0.1, 0.15) is 46.0 Å². The molecule has 0 fully saturated rings. The Kier molecular flexibility index (Phi) is 5.45. The molecule has 0 saturated carbocycles. The standard InChI is InChI=1S/C26H27N3O2/c30-16-20-2-1-3-22-19(15-29-25(20)22)11-12-27-21-6-4-17(5-7-21)14-18-10-13-28-26-23(18)8-9-24(26)31/h1-7,10,13,15,24,27,29-31H,8-9,11-12,14,16H2. The highest BCUT2D eigenvalue weighted by Crippen LogP contribution is 2.32. The van der Waals surface area contributed by atoms with Crippen molar-refractivity contribution in [2.75, 3.05) is 11.9 Å². The molecule has 1 unspecified atom stereocenters. The smallest absolute Gasteiger partial charge is 0.0965 e. The van der Waals surface area contributed by atoms with E-state index in [2.05, 4.69) is 51.7 Å². The number of aromatic amines is 1. The average molecular weight is 414 g/mol. The number of aromatic nitrogens is 2. The lowest BCUT2D eigenvalue weighted by molar-refractivity contribution is 0.176. The summed E-state index contributed by atoms with van der Waals surface area (Å²) in [4.78, 5) is 7.66. The molecular formula is C26H27N3O2. The summed E-state index contributed by atoms with van der Waals surface area (Å²) >= 11 is 0. The van der Waals surface area contributed by atoms with E-state index in [1.165, 1.54) is 27.6 Å². The number of nitrogens with zero attached hydrogens (tertiary/aromatic N) is 1. The Labute approximate surface area is 181 Å². The monoisotopic (exact) mass is 413 g/mol. The maximum atomic E-state index is 10.1. The van der Waals surface area contributed by atoms with Crippen molar-refractivity contribution < 1.29 is 10.2 Å². The SMILES string of the molecule is OCc1cccc2c(CCNc3ccc(Cc4ccnc5c4CCC5O)cc3)c[nH]c12. The van der Waals surface area contributed by atoms with Gasteiger partial charge < -0.3 is 20.5 Å². The first kappa shape index (κ1) is 19.8. The fourth-order valence-electron chi connectivity index (χ4n) is 4.63. The molecule has 0 bridgehead atoms. The van der Waals surface area contributed by atoms with E-state index in [0.29, 0.717) is 0 Å². The Hall–Kier alpha value is -3.15. The lowest BCUT2D eigenvalue weighted by Gasteiger charge is -2.10. The Bertz CT molecular complexity index is 1200. The van der Waals surface area contributed by atoms with Gasteiger partial charge in [0.15, 0.2) is 0 Å². The predicted molar refractivity (Wildman–Crippen MR) is 123 cm³/mol. The summed E-state index contributed by atoms with van der Waals surface area (Å²) in [6.07, 6.45) is 6.90. The molecule has 1 atom stereocenters. The van der Waals surface area contributed by atoms with Gasteiger partial charge in [-0.2, -0.15) is 0 Å². The second kappa shape index (κ2) is 8.53. The fourth-order valence-corrected chi connectivity index (χ4v) is 4.63. The summed E-state index contributed by atoms with van der Waals surface area (Å²) in [5, 5.41) is 24.2. The van der Waals surface area contributed by atoms with E-state index in [4.69, 9.17) is 0 Å². The summed E-state index contributed by atoms with van der Waals surface area (Å²) in [6, 6.07) is 16.7. The highest BCUT2D eigenvalue weighted by atomic mass is 16.3. The first-order valence-electron chi connectivity index (χ1n) is 10.9. The lowest BCUT2D eigenvalue weighted by atomic mass is 10.00. The Morgan fingerprint density at radius 1 is 1.03 bits per heavy atom. The van der Waals surface area contributed by atoms with E-state index in [1.807, 2.05) is 24.5 Å². The van der Waals surface area contributed by atoms with Crippen molar-refractivity contribution in [2.24, 2.45) is 0 Å². The molecule has 31 heavy (non-hydrogen) atoms. The lowest BCUT2D eigenvalue weighted by Crippen LogP contribution is -2.04. The summed E-state index contributed by atoms with van der Waals surface area (Å²) < 4.78 is 0. The van der Waals surface area contributed by atoms with Crippen molar-refractivity contribution in [3.05, 3.63) is 94.4 Å². The molecule has 0 saturated heterocycles. The molecule has 0 amide bonds. The van der Waals surface area contributed by atoms with Crippen molar-refractivity contribution in [3.63, 3.8) is 0 Å². The number of H-pyrrole nitrogens is 1. The van der Waals surface area contributed by atoms with Gasteiger partial charge in [-0.1, -0.05) is 30.3 Å². The van der Waals surface area contributed by atoms with Gasteiger partial charge in [0.2, 0.25) is 0 Å². The second-order valence-corrected chi connectivity index (χ2v) is 8.25. The van der Waals surface area contributed by atoms with Crippen LogP contribution in [0.2, 0.25) is 0 Å². The quantitative estimate of drug-likeness (QED) is 0.365. The van der Waals surface area contributed by atoms with Crippen LogP contribution >= 0.6 is 0 Å². The molecule has 0 radical (unpaired) electrons. The number of hydrogen-bond acceptors (Lipinski definition) is 4. The number of rotatable bonds is 7. The van der Waals surface area contributed by atoms with E-state index in [1.54, 1.807) is 0 Å². The summed E-state index contributed by atoms with van der Waals surface area (Å²) in [6.45, 7) is 0.885. The maximum absolute atomic E-state index is 10.1. The van der Waals surface area contributed by atoms with Crippen LogP contribution in [0.3, 0.4) is 0 Å². The van der Waals surface area contributed by atoms with E-state index in [9.17, 15) is 10.2 Å². The predicted octanol–water partition coefficient (Wildman–Crippen LogP) is 4.28. The van der Waals surface area contributed by atoms with Crippen LogP contribution in [0.5, 0.6) is 0 Å². The Balaban J connectivity index is 1.21. The Morgan fingerprint density at radius 3 is 2.74 bits per heavy atom. The molecule has 5 heteroatoms. The van der Waals surface area contributed by atoms with Crippen LogP contribution in [0, 0.1) is 0 Å². The van der Waals surface area contributed by atoms with Gasteiger partial charge in [-0.05, 0) is 66.1 Å². The van der Waals surface area contributed by atoms with Gasteiger partial charge in [0.1, 0.15) is 0 Å². The van der Waals surface area contributed by atoms with E-state index in [0.717, 1.165) is 54.7 Å². The first-order valence-corrected chi connectivity index (χ1v) is 10.9. The second-order valence-electron chi connectivity index (χ2n) is 8.25. The van der Waals surface area contributed by atoms with Gasteiger partial charge in [-0.3, -0.25) is 4.98 Å². The fraction of sp³-hybridized carbons (Fsp3) is 0.269. The highest BCUT2D eigenvalue weighted by molar-refractivity contribution is 5.86. The molecule has 4 aromatic rings. The van der Waals surface area contributed by atoms with Gasteiger partial charge in [-0.15, -0.1) is 0 Å². The number of aliphatic hydroxyl groups excluding tert-OH is 2. The molecule has 2 aromatic carbocycles. The van der Waals surface area contributed by atoms with E-state index < -0.39 is 6.10 Å². The number of benzene rings is 2. The molecule has 4 N–H and O–H groups in total. The zero-order valence-electron chi connectivity index (χ0n) is 17.4. The van der Waals surface area contributed by atoms with Gasteiger partial charge in [0.25, 0.3) is 0 Å². The number of para-hydroxylation sites is 1. The summed E-state index contributed by atoms with van der Waals surface area (Å²) in [5.41, 5.74) is 8.93. The molecule has 0 aliphatic heterocycles. The largest absolute Gasteiger partial charge is 0.392 e. The van der Waals surface area contributed by atoms with Crippen LogP contribution in [0.15, 0.2) is 60.9 Å².